The second-order valence-corrected chi connectivity index (χ2v) is 11.5. The third kappa shape index (κ3) is 2.97. The molecule has 0 spiro atoms. The molecule has 0 unspecified atom stereocenters. The van der Waals surface area contributed by atoms with E-state index in [1.54, 1.807) is 0 Å². The van der Waals surface area contributed by atoms with Gasteiger partial charge in [-0.2, -0.15) is 0 Å². The summed E-state index contributed by atoms with van der Waals surface area (Å²) in [4.78, 5) is 14.5. The predicted octanol–water partition coefficient (Wildman–Crippen LogP) is 5.13. The van der Waals surface area contributed by atoms with Gasteiger partial charge in [-0.15, -0.1) is 0 Å². The molecule has 3 saturated carbocycles. The zero-order valence-corrected chi connectivity index (χ0v) is 19.1. The van der Waals surface area contributed by atoms with Gasteiger partial charge in [-0.05, 0) is 97.3 Å². The van der Waals surface area contributed by atoms with E-state index in [4.69, 9.17) is 10.5 Å². The SMILES string of the molecule is C[C@H]1C[C@H]2N(C)C(=O)CC[C@]2(C)[C@H]2CC[C@]3(C)C[C@@H](Oc4ccc(N)cc4)C[C@H]3[C@H]12. The number of hydrogen-bond donors (Lipinski definition) is 1. The van der Waals surface area contributed by atoms with Crippen molar-refractivity contribution in [3.05, 3.63) is 24.3 Å². The number of likely N-dealkylation sites (tertiary alicyclic amines) is 1. The number of rotatable bonds is 2. The van der Waals surface area contributed by atoms with Crippen LogP contribution in [0.5, 0.6) is 5.75 Å². The Hall–Kier alpha value is -1.71. The molecule has 0 aromatic heterocycles. The van der Waals surface area contributed by atoms with Crippen molar-refractivity contribution in [1.82, 2.24) is 4.90 Å². The molecule has 4 nitrogen and oxygen atoms in total. The first kappa shape index (κ1) is 20.2. The molecule has 1 amide bonds. The Morgan fingerprint density at radius 2 is 1.83 bits per heavy atom. The fourth-order valence-corrected chi connectivity index (χ4v) is 8.29. The Kier molecular flexibility index (Phi) is 4.65. The second-order valence-electron chi connectivity index (χ2n) is 11.5. The van der Waals surface area contributed by atoms with Gasteiger partial charge < -0.3 is 15.4 Å². The van der Waals surface area contributed by atoms with Crippen LogP contribution in [0.15, 0.2) is 24.3 Å². The number of carbonyl (C=O) groups excluding carboxylic acids is 1. The number of ether oxygens (including phenoxy) is 1. The van der Waals surface area contributed by atoms with Crippen LogP contribution in [-0.2, 0) is 4.79 Å². The van der Waals surface area contributed by atoms with Gasteiger partial charge in [0.05, 0.1) is 6.10 Å². The molecule has 5 rings (SSSR count). The minimum atomic E-state index is 0.275. The van der Waals surface area contributed by atoms with E-state index >= 15 is 0 Å². The summed E-state index contributed by atoms with van der Waals surface area (Å²) in [5.41, 5.74) is 7.29. The zero-order valence-electron chi connectivity index (χ0n) is 19.1. The van der Waals surface area contributed by atoms with Crippen LogP contribution in [0.2, 0.25) is 0 Å². The number of benzene rings is 1. The zero-order chi connectivity index (χ0) is 21.3. The molecule has 0 bridgehead atoms. The Bertz CT molecular complexity index is 823. The van der Waals surface area contributed by atoms with E-state index in [2.05, 4.69) is 32.7 Å². The maximum Gasteiger partial charge on any atom is 0.222 e. The first-order valence-electron chi connectivity index (χ1n) is 12.0. The summed E-state index contributed by atoms with van der Waals surface area (Å²) in [5, 5.41) is 0. The summed E-state index contributed by atoms with van der Waals surface area (Å²) >= 11 is 0. The lowest BCUT2D eigenvalue weighted by Crippen LogP contribution is -2.62. The van der Waals surface area contributed by atoms with Crippen molar-refractivity contribution in [2.75, 3.05) is 12.8 Å². The lowest BCUT2D eigenvalue weighted by molar-refractivity contribution is -0.164. The minimum absolute atomic E-state index is 0.275. The van der Waals surface area contributed by atoms with E-state index in [1.807, 2.05) is 24.3 Å². The third-order valence-electron chi connectivity index (χ3n) is 9.84. The van der Waals surface area contributed by atoms with Gasteiger partial charge in [0.2, 0.25) is 5.91 Å². The molecule has 30 heavy (non-hydrogen) atoms. The molecule has 4 heteroatoms. The third-order valence-corrected chi connectivity index (χ3v) is 9.84. The lowest BCUT2D eigenvalue weighted by atomic mass is 9.45. The maximum atomic E-state index is 12.4. The van der Waals surface area contributed by atoms with E-state index in [9.17, 15) is 4.79 Å². The number of carbonyl (C=O) groups is 1. The van der Waals surface area contributed by atoms with E-state index < -0.39 is 0 Å². The standard InChI is InChI=1S/C26H38N2O2/c1-16-13-22-26(3,12-10-23(29)28(22)4)20-9-11-25(2)15-19(14-21(25)24(16)20)30-18-7-5-17(27)6-8-18/h5-8,16,19-22,24H,9-15,27H2,1-4H3/t16-,19-,20-,21-,22+,24+,25+,26+/m0/s1. The van der Waals surface area contributed by atoms with Gasteiger partial charge in [-0.1, -0.05) is 20.8 Å². The molecule has 4 fully saturated rings. The van der Waals surface area contributed by atoms with Crippen LogP contribution < -0.4 is 10.5 Å². The van der Waals surface area contributed by atoms with Crippen LogP contribution >= 0.6 is 0 Å². The number of anilines is 1. The Morgan fingerprint density at radius 1 is 1.10 bits per heavy atom. The van der Waals surface area contributed by atoms with E-state index in [1.165, 1.54) is 19.3 Å². The topological polar surface area (TPSA) is 55.6 Å². The van der Waals surface area contributed by atoms with Gasteiger partial charge in [-0.25, -0.2) is 0 Å². The summed E-state index contributed by atoms with van der Waals surface area (Å²) in [6, 6.07) is 8.29. The first-order valence-corrected chi connectivity index (χ1v) is 12.0. The molecule has 1 saturated heterocycles. The van der Waals surface area contributed by atoms with Crippen LogP contribution in [0.1, 0.15) is 65.7 Å². The monoisotopic (exact) mass is 410 g/mol. The molecule has 1 aromatic carbocycles. The summed E-state index contributed by atoms with van der Waals surface area (Å²) in [6.45, 7) is 7.49. The van der Waals surface area contributed by atoms with Gasteiger partial charge in [-0.3, -0.25) is 4.79 Å². The Balaban J connectivity index is 1.39. The van der Waals surface area contributed by atoms with Gasteiger partial charge in [0.1, 0.15) is 5.75 Å². The highest BCUT2D eigenvalue weighted by atomic mass is 16.5. The van der Waals surface area contributed by atoms with Crippen molar-refractivity contribution in [3.63, 3.8) is 0 Å². The van der Waals surface area contributed by atoms with Crippen molar-refractivity contribution in [2.45, 2.75) is 77.9 Å². The van der Waals surface area contributed by atoms with E-state index in [-0.39, 0.29) is 5.41 Å². The van der Waals surface area contributed by atoms with Crippen molar-refractivity contribution in [3.8, 4) is 5.75 Å². The number of nitrogen functional groups attached to an aromatic ring is 1. The molecule has 4 aliphatic rings. The quantitative estimate of drug-likeness (QED) is 0.688. The highest BCUT2D eigenvalue weighted by Crippen LogP contribution is 2.66. The summed E-state index contributed by atoms with van der Waals surface area (Å²) < 4.78 is 6.46. The van der Waals surface area contributed by atoms with Gasteiger partial charge in [0, 0.05) is 25.2 Å². The minimum Gasteiger partial charge on any atom is -0.490 e. The van der Waals surface area contributed by atoms with Gasteiger partial charge in [0.15, 0.2) is 0 Å². The number of nitrogens with zero attached hydrogens (tertiary/aromatic N) is 1. The molecule has 1 heterocycles. The predicted molar refractivity (Wildman–Crippen MR) is 120 cm³/mol. The largest absolute Gasteiger partial charge is 0.490 e. The molecule has 2 N–H and O–H groups in total. The molecule has 1 aromatic rings. The van der Waals surface area contributed by atoms with Crippen molar-refractivity contribution in [1.29, 1.82) is 0 Å². The van der Waals surface area contributed by atoms with Crippen LogP contribution in [-0.4, -0.2) is 30.0 Å². The normalized spacial score (nSPS) is 45.5. The fourth-order valence-electron chi connectivity index (χ4n) is 8.29. The molecule has 0 radical (unpaired) electrons. The summed E-state index contributed by atoms with van der Waals surface area (Å²) in [5.74, 6) is 4.18. The van der Waals surface area contributed by atoms with E-state index in [0.717, 1.165) is 54.9 Å². The molecule has 164 valence electrons. The van der Waals surface area contributed by atoms with E-state index in [0.29, 0.717) is 29.4 Å². The smallest absolute Gasteiger partial charge is 0.222 e. The van der Waals surface area contributed by atoms with Gasteiger partial charge in [0.25, 0.3) is 0 Å². The number of amides is 1. The van der Waals surface area contributed by atoms with Crippen LogP contribution in [0, 0.1) is 34.5 Å². The average Bonchev–Trinajstić information content (AvgIpc) is 3.04. The maximum absolute atomic E-state index is 12.4. The number of fused-ring (bicyclic) bond motifs is 5. The number of nitrogens with two attached hydrogens (primary N) is 1. The highest BCUT2D eigenvalue weighted by Gasteiger charge is 2.62. The Morgan fingerprint density at radius 3 is 2.57 bits per heavy atom. The fraction of sp³-hybridized carbons (Fsp3) is 0.731. The highest BCUT2D eigenvalue weighted by molar-refractivity contribution is 5.77. The Labute approximate surface area is 181 Å². The molecule has 3 aliphatic carbocycles. The number of piperidine rings is 1. The van der Waals surface area contributed by atoms with Crippen LogP contribution in [0.4, 0.5) is 5.69 Å². The van der Waals surface area contributed by atoms with Gasteiger partial charge >= 0.3 is 0 Å². The lowest BCUT2D eigenvalue weighted by Gasteiger charge is -2.63. The van der Waals surface area contributed by atoms with Crippen molar-refractivity contribution in [2.24, 2.45) is 34.5 Å². The molecular weight excluding hydrogens is 372 g/mol. The van der Waals surface area contributed by atoms with Crippen molar-refractivity contribution < 1.29 is 9.53 Å². The molecule has 8 atom stereocenters. The molecule has 1 aliphatic heterocycles. The number of hydrogen-bond acceptors (Lipinski definition) is 3. The second kappa shape index (κ2) is 6.90. The summed E-state index contributed by atoms with van der Waals surface area (Å²) in [6.07, 6.45) is 8.21. The van der Waals surface area contributed by atoms with Crippen molar-refractivity contribution >= 4 is 11.6 Å². The van der Waals surface area contributed by atoms with Crippen LogP contribution in [0.25, 0.3) is 0 Å². The molecular formula is C26H38N2O2. The first-order chi connectivity index (χ1) is 14.2. The van der Waals surface area contributed by atoms with Crippen LogP contribution in [0.3, 0.4) is 0 Å². The average molecular weight is 411 g/mol. The summed E-state index contributed by atoms with van der Waals surface area (Å²) in [7, 11) is 2.05.